The van der Waals surface area contributed by atoms with E-state index in [0.29, 0.717) is 24.0 Å². The smallest absolute Gasteiger partial charge is 0.363 e. The molecule has 3 rings (SSSR count). The minimum Gasteiger partial charge on any atom is -0.493 e. The SMILES string of the molecule is CCCOc1ccc(/C=C2\N=C(c3ccccc3C)OC2=O)cc1OC. The quantitative estimate of drug-likeness (QED) is 0.580. The molecule has 0 aromatic heterocycles. The molecule has 1 heterocycles. The van der Waals surface area contributed by atoms with Gasteiger partial charge in [-0.3, -0.25) is 0 Å². The fourth-order valence-electron chi connectivity index (χ4n) is 2.60. The number of nitrogens with zero attached hydrogens (tertiary/aromatic N) is 1. The molecule has 0 amide bonds. The van der Waals surface area contributed by atoms with Crippen molar-refractivity contribution in [2.24, 2.45) is 4.99 Å². The number of aryl methyl sites for hydroxylation is 1. The highest BCUT2D eigenvalue weighted by atomic mass is 16.6. The Morgan fingerprint density at radius 2 is 1.96 bits per heavy atom. The number of hydrogen-bond acceptors (Lipinski definition) is 5. The van der Waals surface area contributed by atoms with Crippen molar-refractivity contribution in [2.45, 2.75) is 20.3 Å². The summed E-state index contributed by atoms with van der Waals surface area (Å²) < 4.78 is 16.4. The van der Waals surface area contributed by atoms with Gasteiger partial charge in [-0.25, -0.2) is 9.79 Å². The van der Waals surface area contributed by atoms with Crippen LogP contribution in [-0.2, 0) is 9.53 Å². The topological polar surface area (TPSA) is 57.1 Å². The third-order valence-electron chi connectivity index (χ3n) is 3.95. The van der Waals surface area contributed by atoms with Crippen molar-refractivity contribution < 1.29 is 19.0 Å². The summed E-state index contributed by atoms with van der Waals surface area (Å²) in [6.45, 7) is 4.61. The summed E-state index contributed by atoms with van der Waals surface area (Å²) in [5.74, 6) is 1.15. The van der Waals surface area contributed by atoms with Crippen molar-refractivity contribution in [1.82, 2.24) is 0 Å². The van der Waals surface area contributed by atoms with Crippen molar-refractivity contribution in [2.75, 3.05) is 13.7 Å². The van der Waals surface area contributed by atoms with Crippen LogP contribution in [0.4, 0.5) is 0 Å². The number of cyclic esters (lactones) is 1. The molecule has 0 atom stereocenters. The molecular formula is C21H21NO4. The van der Waals surface area contributed by atoms with Crippen LogP contribution in [0.5, 0.6) is 11.5 Å². The summed E-state index contributed by atoms with van der Waals surface area (Å²) in [6.07, 6.45) is 2.59. The Bertz CT molecular complexity index is 883. The third-order valence-corrected chi connectivity index (χ3v) is 3.95. The minimum atomic E-state index is -0.464. The van der Waals surface area contributed by atoms with E-state index in [9.17, 15) is 4.79 Å². The highest BCUT2D eigenvalue weighted by Gasteiger charge is 2.25. The average molecular weight is 351 g/mol. The zero-order chi connectivity index (χ0) is 18.5. The average Bonchev–Trinajstić information content (AvgIpc) is 3.01. The highest BCUT2D eigenvalue weighted by molar-refractivity contribution is 6.13. The number of ether oxygens (including phenoxy) is 3. The van der Waals surface area contributed by atoms with Gasteiger partial charge in [-0.15, -0.1) is 0 Å². The Hall–Kier alpha value is -3.08. The molecule has 1 aliphatic rings. The zero-order valence-corrected chi connectivity index (χ0v) is 15.1. The highest BCUT2D eigenvalue weighted by Crippen LogP contribution is 2.30. The summed E-state index contributed by atoms with van der Waals surface area (Å²) in [6, 6.07) is 13.1. The lowest BCUT2D eigenvalue weighted by atomic mass is 10.1. The first-order valence-corrected chi connectivity index (χ1v) is 8.51. The summed E-state index contributed by atoms with van der Waals surface area (Å²) in [5.41, 5.74) is 2.85. The van der Waals surface area contributed by atoms with Gasteiger partial charge >= 0.3 is 5.97 Å². The molecule has 26 heavy (non-hydrogen) atoms. The normalized spacial score (nSPS) is 15.0. The Labute approximate surface area is 152 Å². The van der Waals surface area contributed by atoms with Crippen LogP contribution in [0, 0.1) is 6.92 Å². The number of esters is 1. The fourth-order valence-corrected chi connectivity index (χ4v) is 2.60. The van der Waals surface area contributed by atoms with Gasteiger partial charge in [0.25, 0.3) is 0 Å². The van der Waals surface area contributed by atoms with Crippen LogP contribution in [0.25, 0.3) is 6.08 Å². The van der Waals surface area contributed by atoms with Crippen molar-refractivity contribution in [1.29, 1.82) is 0 Å². The van der Waals surface area contributed by atoms with Gasteiger partial charge in [0.15, 0.2) is 17.2 Å². The maximum atomic E-state index is 12.2. The lowest BCUT2D eigenvalue weighted by Gasteiger charge is -2.10. The monoisotopic (exact) mass is 351 g/mol. The van der Waals surface area contributed by atoms with Gasteiger partial charge in [0.2, 0.25) is 5.90 Å². The Kier molecular flexibility index (Phi) is 5.37. The number of carbonyl (C=O) groups is 1. The van der Waals surface area contributed by atoms with Gasteiger partial charge in [0, 0.05) is 5.56 Å². The second-order valence-corrected chi connectivity index (χ2v) is 5.91. The van der Waals surface area contributed by atoms with Crippen LogP contribution in [0.15, 0.2) is 53.2 Å². The molecule has 5 nitrogen and oxygen atoms in total. The van der Waals surface area contributed by atoms with Crippen molar-refractivity contribution >= 4 is 17.9 Å². The number of aliphatic imine (C=N–C) groups is 1. The second-order valence-electron chi connectivity index (χ2n) is 5.91. The van der Waals surface area contributed by atoms with E-state index < -0.39 is 5.97 Å². The molecule has 0 N–H and O–H groups in total. The van der Waals surface area contributed by atoms with E-state index in [4.69, 9.17) is 14.2 Å². The molecule has 0 bridgehead atoms. The first-order chi connectivity index (χ1) is 12.6. The fraction of sp³-hybridized carbons (Fsp3) is 0.238. The van der Waals surface area contributed by atoms with Gasteiger partial charge in [-0.2, -0.15) is 0 Å². The molecule has 134 valence electrons. The van der Waals surface area contributed by atoms with Crippen molar-refractivity contribution in [3.63, 3.8) is 0 Å². The molecule has 0 saturated carbocycles. The van der Waals surface area contributed by atoms with Gasteiger partial charge in [-0.1, -0.05) is 31.2 Å². The van der Waals surface area contributed by atoms with E-state index >= 15 is 0 Å². The largest absolute Gasteiger partial charge is 0.493 e. The second kappa shape index (κ2) is 7.87. The Morgan fingerprint density at radius 1 is 1.15 bits per heavy atom. The summed E-state index contributed by atoms with van der Waals surface area (Å²) in [5, 5.41) is 0. The molecule has 5 heteroatoms. The van der Waals surface area contributed by atoms with Gasteiger partial charge < -0.3 is 14.2 Å². The molecule has 0 saturated heterocycles. The van der Waals surface area contributed by atoms with E-state index in [1.165, 1.54) is 0 Å². The number of methoxy groups -OCH3 is 1. The van der Waals surface area contributed by atoms with Crippen molar-refractivity contribution in [3.05, 3.63) is 64.9 Å². The van der Waals surface area contributed by atoms with E-state index in [1.54, 1.807) is 13.2 Å². The van der Waals surface area contributed by atoms with Crippen LogP contribution < -0.4 is 9.47 Å². The van der Waals surface area contributed by atoms with E-state index in [2.05, 4.69) is 4.99 Å². The Balaban J connectivity index is 1.89. The lowest BCUT2D eigenvalue weighted by molar-refractivity contribution is -0.129. The molecule has 2 aromatic carbocycles. The van der Waals surface area contributed by atoms with Crippen LogP contribution in [0.3, 0.4) is 0 Å². The van der Waals surface area contributed by atoms with E-state index in [1.807, 2.05) is 56.3 Å². The molecule has 0 aliphatic carbocycles. The molecule has 1 aliphatic heterocycles. The summed E-state index contributed by atoms with van der Waals surface area (Å²) in [7, 11) is 1.59. The number of carbonyl (C=O) groups excluding carboxylic acids is 1. The molecule has 0 spiro atoms. The van der Waals surface area contributed by atoms with Crippen LogP contribution in [0.1, 0.15) is 30.0 Å². The third kappa shape index (κ3) is 3.77. The predicted molar refractivity (Wildman–Crippen MR) is 101 cm³/mol. The Morgan fingerprint density at radius 3 is 2.69 bits per heavy atom. The first-order valence-electron chi connectivity index (χ1n) is 8.51. The molecule has 0 radical (unpaired) electrons. The summed E-state index contributed by atoms with van der Waals surface area (Å²) >= 11 is 0. The summed E-state index contributed by atoms with van der Waals surface area (Å²) in [4.78, 5) is 16.5. The van der Waals surface area contributed by atoms with E-state index in [-0.39, 0.29) is 5.70 Å². The number of hydrogen-bond donors (Lipinski definition) is 0. The maximum Gasteiger partial charge on any atom is 0.363 e. The van der Waals surface area contributed by atoms with E-state index in [0.717, 1.165) is 23.1 Å². The van der Waals surface area contributed by atoms with Crippen LogP contribution in [0.2, 0.25) is 0 Å². The minimum absolute atomic E-state index is 0.257. The van der Waals surface area contributed by atoms with Crippen molar-refractivity contribution in [3.8, 4) is 11.5 Å². The molecule has 2 aromatic rings. The molecule has 0 fully saturated rings. The molecule has 0 unspecified atom stereocenters. The zero-order valence-electron chi connectivity index (χ0n) is 15.1. The van der Waals surface area contributed by atoms with Crippen LogP contribution >= 0.6 is 0 Å². The van der Waals surface area contributed by atoms with Gasteiger partial charge in [0.05, 0.1) is 13.7 Å². The van der Waals surface area contributed by atoms with Gasteiger partial charge in [0.1, 0.15) is 0 Å². The number of benzene rings is 2. The predicted octanol–water partition coefficient (Wildman–Crippen LogP) is 4.14. The lowest BCUT2D eigenvalue weighted by Crippen LogP contribution is -2.06. The standard InChI is InChI=1S/C21H21NO4/c1-4-11-25-18-10-9-15(13-19(18)24-3)12-17-21(23)26-20(22-17)16-8-6-5-7-14(16)2/h5-10,12-13H,4,11H2,1-3H3/b17-12-. The molecular weight excluding hydrogens is 330 g/mol. The maximum absolute atomic E-state index is 12.2. The van der Waals surface area contributed by atoms with Crippen LogP contribution in [-0.4, -0.2) is 25.6 Å². The first kappa shape index (κ1) is 17.7. The number of rotatable bonds is 6. The van der Waals surface area contributed by atoms with Gasteiger partial charge in [-0.05, 0) is 48.7 Å².